The van der Waals surface area contributed by atoms with E-state index in [-0.39, 0.29) is 17.9 Å². The van der Waals surface area contributed by atoms with Crippen LogP contribution in [-0.2, 0) is 17.6 Å². The number of ether oxygens (including phenoxy) is 2. The fourth-order valence-corrected chi connectivity index (χ4v) is 4.75. The Balaban J connectivity index is 1.46. The highest BCUT2D eigenvalue weighted by atomic mass is 32.1. The maximum absolute atomic E-state index is 12.8. The summed E-state index contributed by atoms with van der Waals surface area (Å²) < 4.78 is 12.0. The van der Waals surface area contributed by atoms with Gasteiger partial charge in [-0.2, -0.15) is 4.98 Å². The molecule has 0 N–H and O–H groups in total. The molecule has 2 aliphatic rings. The van der Waals surface area contributed by atoms with E-state index in [9.17, 15) is 4.79 Å². The standard InChI is InChI=1S/C22H29N3O3S/c1-14(2)20-23-18-7-12-27-11-6-17(18)21(24-20)28-16-4-9-25(10-5-16)22(26)19-15(3)8-13-29-19/h8,13-14,16H,4-7,9-12H2,1-3H3. The highest BCUT2D eigenvalue weighted by molar-refractivity contribution is 7.12. The molecule has 2 aliphatic heterocycles. The van der Waals surface area contributed by atoms with Crippen molar-refractivity contribution in [1.29, 1.82) is 0 Å². The van der Waals surface area contributed by atoms with Crippen molar-refractivity contribution in [1.82, 2.24) is 14.9 Å². The van der Waals surface area contributed by atoms with E-state index in [1.165, 1.54) is 11.3 Å². The maximum Gasteiger partial charge on any atom is 0.264 e. The van der Waals surface area contributed by atoms with Gasteiger partial charge in [0.25, 0.3) is 5.91 Å². The van der Waals surface area contributed by atoms with Gasteiger partial charge in [0.2, 0.25) is 5.88 Å². The van der Waals surface area contributed by atoms with Crippen molar-refractivity contribution in [3.63, 3.8) is 0 Å². The topological polar surface area (TPSA) is 64.6 Å². The largest absolute Gasteiger partial charge is 0.474 e. The van der Waals surface area contributed by atoms with Crippen LogP contribution in [-0.4, -0.2) is 53.2 Å². The van der Waals surface area contributed by atoms with Crippen LogP contribution < -0.4 is 4.74 Å². The van der Waals surface area contributed by atoms with Crippen molar-refractivity contribution in [2.45, 2.75) is 58.5 Å². The number of fused-ring (bicyclic) bond motifs is 1. The molecule has 1 amide bonds. The Morgan fingerprint density at radius 3 is 2.69 bits per heavy atom. The summed E-state index contributed by atoms with van der Waals surface area (Å²) in [6.45, 7) is 9.02. The first-order chi connectivity index (χ1) is 14.0. The molecule has 2 aromatic rings. The fourth-order valence-electron chi connectivity index (χ4n) is 3.85. The quantitative estimate of drug-likeness (QED) is 0.761. The van der Waals surface area contributed by atoms with Gasteiger partial charge in [-0.3, -0.25) is 4.79 Å². The number of rotatable bonds is 4. The van der Waals surface area contributed by atoms with E-state index in [1.54, 1.807) is 0 Å². The Morgan fingerprint density at radius 1 is 1.24 bits per heavy atom. The Kier molecular flexibility index (Phi) is 6.15. The van der Waals surface area contributed by atoms with Crippen molar-refractivity contribution < 1.29 is 14.3 Å². The molecule has 0 unspecified atom stereocenters. The number of aryl methyl sites for hydroxylation is 1. The minimum Gasteiger partial charge on any atom is -0.474 e. The van der Waals surface area contributed by atoms with Crippen LogP contribution in [0.25, 0.3) is 0 Å². The van der Waals surface area contributed by atoms with Crippen LogP contribution in [0.15, 0.2) is 11.4 Å². The van der Waals surface area contributed by atoms with E-state index in [0.29, 0.717) is 26.3 Å². The SMILES string of the molecule is Cc1ccsc1C(=O)N1CCC(Oc2nc(C(C)C)nc3c2CCOCC3)CC1. The van der Waals surface area contributed by atoms with Gasteiger partial charge in [0, 0.05) is 50.3 Å². The number of hydrogen-bond donors (Lipinski definition) is 0. The van der Waals surface area contributed by atoms with Gasteiger partial charge in [-0.15, -0.1) is 11.3 Å². The second-order valence-corrected chi connectivity index (χ2v) is 9.04. The second kappa shape index (κ2) is 8.79. The van der Waals surface area contributed by atoms with Crippen LogP contribution in [0.1, 0.15) is 64.9 Å². The molecule has 7 heteroatoms. The summed E-state index contributed by atoms with van der Waals surface area (Å²) in [5.74, 6) is 1.95. The molecular weight excluding hydrogens is 386 g/mol. The molecule has 2 aromatic heterocycles. The summed E-state index contributed by atoms with van der Waals surface area (Å²) in [7, 11) is 0. The van der Waals surface area contributed by atoms with Gasteiger partial charge in [-0.05, 0) is 23.9 Å². The monoisotopic (exact) mass is 415 g/mol. The summed E-state index contributed by atoms with van der Waals surface area (Å²) in [5.41, 5.74) is 3.22. The minimum atomic E-state index is 0.0756. The van der Waals surface area contributed by atoms with Gasteiger partial charge in [0.1, 0.15) is 11.9 Å². The summed E-state index contributed by atoms with van der Waals surface area (Å²) >= 11 is 1.53. The summed E-state index contributed by atoms with van der Waals surface area (Å²) in [6, 6.07) is 2.00. The summed E-state index contributed by atoms with van der Waals surface area (Å²) in [5, 5.41) is 1.98. The molecule has 0 saturated carbocycles. The van der Waals surface area contributed by atoms with Crippen molar-refractivity contribution in [2.24, 2.45) is 0 Å². The van der Waals surface area contributed by atoms with Gasteiger partial charge >= 0.3 is 0 Å². The van der Waals surface area contributed by atoms with E-state index in [0.717, 1.165) is 59.1 Å². The van der Waals surface area contributed by atoms with E-state index >= 15 is 0 Å². The lowest BCUT2D eigenvalue weighted by Crippen LogP contribution is -2.42. The molecule has 1 saturated heterocycles. The normalized spacial score (nSPS) is 17.9. The van der Waals surface area contributed by atoms with E-state index in [4.69, 9.17) is 19.4 Å². The molecule has 0 bridgehead atoms. The average molecular weight is 416 g/mol. The van der Waals surface area contributed by atoms with E-state index < -0.39 is 0 Å². The lowest BCUT2D eigenvalue weighted by atomic mass is 10.1. The van der Waals surface area contributed by atoms with Crippen molar-refractivity contribution in [2.75, 3.05) is 26.3 Å². The number of nitrogens with zero attached hydrogens (tertiary/aromatic N) is 3. The number of aromatic nitrogens is 2. The zero-order valence-corrected chi connectivity index (χ0v) is 18.3. The van der Waals surface area contributed by atoms with Gasteiger partial charge in [0.05, 0.1) is 23.8 Å². The zero-order valence-electron chi connectivity index (χ0n) is 17.4. The van der Waals surface area contributed by atoms with Crippen LogP contribution in [0, 0.1) is 6.92 Å². The molecule has 4 rings (SSSR count). The molecule has 4 heterocycles. The predicted molar refractivity (Wildman–Crippen MR) is 113 cm³/mol. The van der Waals surface area contributed by atoms with E-state index in [1.807, 2.05) is 23.3 Å². The Labute approximate surface area is 176 Å². The van der Waals surface area contributed by atoms with Gasteiger partial charge in [-0.1, -0.05) is 13.8 Å². The third-order valence-electron chi connectivity index (χ3n) is 5.63. The Hall–Kier alpha value is -1.99. The summed E-state index contributed by atoms with van der Waals surface area (Å²) in [4.78, 5) is 25.1. The predicted octanol–water partition coefficient (Wildman–Crippen LogP) is 3.77. The molecule has 1 fully saturated rings. The van der Waals surface area contributed by atoms with Crippen molar-refractivity contribution in [3.8, 4) is 5.88 Å². The number of amides is 1. The first kappa shape index (κ1) is 20.3. The Morgan fingerprint density at radius 2 is 2.00 bits per heavy atom. The molecule has 29 heavy (non-hydrogen) atoms. The number of carbonyl (C=O) groups is 1. The highest BCUT2D eigenvalue weighted by Gasteiger charge is 2.28. The molecule has 6 nitrogen and oxygen atoms in total. The highest BCUT2D eigenvalue weighted by Crippen LogP contribution is 2.28. The lowest BCUT2D eigenvalue weighted by molar-refractivity contribution is 0.0588. The average Bonchev–Trinajstić information content (AvgIpc) is 2.99. The van der Waals surface area contributed by atoms with Gasteiger partial charge in [-0.25, -0.2) is 4.98 Å². The molecule has 0 spiro atoms. The van der Waals surface area contributed by atoms with Crippen LogP contribution in [0.4, 0.5) is 0 Å². The van der Waals surface area contributed by atoms with Crippen molar-refractivity contribution in [3.05, 3.63) is 39.0 Å². The van der Waals surface area contributed by atoms with Crippen LogP contribution >= 0.6 is 11.3 Å². The molecule has 156 valence electrons. The summed E-state index contributed by atoms with van der Waals surface area (Å²) in [6.07, 6.45) is 3.32. The van der Waals surface area contributed by atoms with Gasteiger partial charge in [0.15, 0.2) is 0 Å². The third kappa shape index (κ3) is 4.46. The fraction of sp³-hybridized carbons (Fsp3) is 0.591. The Bertz CT molecular complexity index is 872. The maximum atomic E-state index is 12.8. The number of carbonyl (C=O) groups excluding carboxylic acids is 1. The number of thiophene rings is 1. The smallest absolute Gasteiger partial charge is 0.264 e. The number of piperidine rings is 1. The third-order valence-corrected chi connectivity index (χ3v) is 6.64. The van der Waals surface area contributed by atoms with Gasteiger partial charge < -0.3 is 14.4 Å². The molecule has 0 atom stereocenters. The lowest BCUT2D eigenvalue weighted by Gasteiger charge is -2.32. The first-order valence-electron chi connectivity index (χ1n) is 10.5. The minimum absolute atomic E-state index is 0.0756. The number of likely N-dealkylation sites (tertiary alicyclic amines) is 1. The number of hydrogen-bond acceptors (Lipinski definition) is 6. The molecule has 0 aliphatic carbocycles. The van der Waals surface area contributed by atoms with Crippen LogP contribution in [0.2, 0.25) is 0 Å². The van der Waals surface area contributed by atoms with Crippen LogP contribution in [0.5, 0.6) is 5.88 Å². The van der Waals surface area contributed by atoms with Crippen molar-refractivity contribution >= 4 is 17.2 Å². The first-order valence-corrected chi connectivity index (χ1v) is 11.4. The van der Waals surface area contributed by atoms with Crippen LogP contribution in [0.3, 0.4) is 0 Å². The zero-order chi connectivity index (χ0) is 20.4. The molecule has 0 radical (unpaired) electrons. The van der Waals surface area contributed by atoms with E-state index in [2.05, 4.69) is 13.8 Å². The molecule has 0 aromatic carbocycles. The molecular formula is C22H29N3O3S. The second-order valence-electron chi connectivity index (χ2n) is 8.12.